The largest absolute Gasteiger partial charge is 0.361 e. The minimum Gasteiger partial charge on any atom is -0.361 e. The first kappa shape index (κ1) is 10.6. The maximum atomic E-state index is 10.3. The van der Waals surface area contributed by atoms with Gasteiger partial charge in [-0.1, -0.05) is 12.6 Å². The molecule has 1 rings (SSSR count). The van der Waals surface area contributed by atoms with E-state index in [9.17, 15) is 9.59 Å². The summed E-state index contributed by atoms with van der Waals surface area (Å²) in [6.07, 6.45) is 5.01. The zero-order chi connectivity index (χ0) is 9.56. The van der Waals surface area contributed by atoms with Crippen LogP contribution in [-0.2, 0) is 9.59 Å². The van der Waals surface area contributed by atoms with Gasteiger partial charge in [-0.15, -0.1) is 0 Å². The molecule has 1 aliphatic rings. The second-order valence-electron chi connectivity index (χ2n) is 1.81. The lowest BCUT2D eigenvalue weighted by Gasteiger charge is -1.87. The van der Waals surface area contributed by atoms with Crippen LogP contribution in [-0.4, -0.2) is 16.8 Å². The number of carbonyl (C=O) groups excluding carboxylic acids is 3. The van der Waals surface area contributed by atoms with Gasteiger partial charge in [-0.25, -0.2) is 0 Å². The van der Waals surface area contributed by atoms with Gasteiger partial charge in [0.05, 0.1) is 0 Å². The Morgan fingerprint density at radius 1 is 1.08 bits per heavy atom. The normalized spacial score (nSPS) is 13.8. The predicted octanol–water partition coefficient (Wildman–Crippen LogP) is 0.246. The summed E-state index contributed by atoms with van der Waals surface area (Å²) >= 11 is 3.10. The Bertz CT molecular complexity index is 226. The zero-order valence-corrected chi connectivity index (χ0v) is 6.95. The molecule has 1 amide bonds. The van der Waals surface area contributed by atoms with Crippen LogP contribution in [0.4, 0.5) is 4.79 Å². The van der Waals surface area contributed by atoms with Gasteiger partial charge in [-0.05, 0) is 24.3 Å². The lowest BCUT2D eigenvalue weighted by molar-refractivity contribution is -0.113. The lowest BCUT2D eigenvalue weighted by atomic mass is 10.2. The number of amides is 1. The van der Waals surface area contributed by atoms with Crippen molar-refractivity contribution >= 4 is 29.4 Å². The summed E-state index contributed by atoms with van der Waals surface area (Å²) in [5.74, 6) is -0.241. The fraction of sp³-hybridized carbons (Fsp3) is 0. The fourth-order valence-electron chi connectivity index (χ4n) is 0.440. The third-order valence-corrected chi connectivity index (χ3v) is 0.824. The molecule has 0 atom stereocenters. The van der Waals surface area contributed by atoms with Crippen molar-refractivity contribution in [2.75, 3.05) is 0 Å². The third-order valence-electron chi connectivity index (χ3n) is 0.824. The van der Waals surface area contributed by atoms with E-state index in [4.69, 9.17) is 4.79 Å². The summed E-state index contributed by atoms with van der Waals surface area (Å²) in [6.45, 7) is 0. The number of carbonyl (C=O) groups is 3. The van der Waals surface area contributed by atoms with Gasteiger partial charge in [0.25, 0.3) is 5.24 Å². The lowest BCUT2D eigenvalue weighted by Crippen LogP contribution is -1.97. The second kappa shape index (κ2) is 5.31. The molecule has 0 saturated heterocycles. The first-order valence-corrected chi connectivity index (χ1v) is 3.39. The fourth-order valence-corrected chi connectivity index (χ4v) is 0.440. The first-order chi connectivity index (χ1) is 5.52. The molecule has 2 N–H and O–H groups in total. The molecule has 0 aromatic carbocycles. The number of ketones is 2. The van der Waals surface area contributed by atoms with Crippen molar-refractivity contribution in [3.63, 3.8) is 0 Å². The summed E-state index contributed by atoms with van der Waals surface area (Å²) in [4.78, 5) is 29.7. The van der Waals surface area contributed by atoms with E-state index < -0.39 is 5.24 Å². The maximum absolute atomic E-state index is 10.3. The van der Waals surface area contributed by atoms with Gasteiger partial charge in [-0.2, -0.15) is 0 Å². The van der Waals surface area contributed by atoms with Gasteiger partial charge in [0.2, 0.25) is 0 Å². The molecule has 0 bridgehead atoms. The molecule has 0 aromatic heterocycles. The van der Waals surface area contributed by atoms with Crippen molar-refractivity contribution in [2.24, 2.45) is 5.73 Å². The molecule has 0 radical (unpaired) electrons. The maximum Gasteiger partial charge on any atom is 0.273 e. The monoisotopic (exact) mass is 185 g/mol. The van der Waals surface area contributed by atoms with Gasteiger partial charge in [0.15, 0.2) is 11.6 Å². The summed E-state index contributed by atoms with van der Waals surface area (Å²) in [5, 5.41) is -0.639. The Morgan fingerprint density at radius 3 is 1.42 bits per heavy atom. The third kappa shape index (κ3) is 6.76. The Labute approximate surface area is 74.5 Å². The number of thiol groups is 1. The van der Waals surface area contributed by atoms with Gasteiger partial charge in [0, 0.05) is 0 Å². The van der Waals surface area contributed by atoms with Crippen molar-refractivity contribution in [3.05, 3.63) is 24.3 Å². The van der Waals surface area contributed by atoms with Gasteiger partial charge in [0.1, 0.15) is 0 Å². The van der Waals surface area contributed by atoms with Gasteiger partial charge < -0.3 is 5.73 Å². The Kier molecular flexibility index (Phi) is 4.71. The molecule has 0 spiro atoms. The number of hydrogen-bond donors (Lipinski definition) is 2. The molecule has 0 unspecified atom stereocenters. The van der Waals surface area contributed by atoms with Crippen LogP contribution in [0.5, 0.6) is 0 Å². The van der Waals surface area contributed by atoms with Crippen LogP contribution in [0.2, 0.25) is 0 Å². The molecule has 0 aromatic rings. The molecule has 0 fully saturated rings. The zero-order valence-electron chi connectivity index (χ0n) is 6.06. The molecule has 64 valence electrons. The average Bonchev–Trinajstić information content (AvgIpc) is 1.94. The van der Waals surface area contributed by atoms with Crippen molar-refractivity contribution in [1.82, 2.24) is 0 Å². The van der Waals surface area contributed by atoms with Crippen molar-refractivity contribution in [1.29, 1.82) is 0 Å². The molecule has 0 saturated carbocycles. The quantitative estimate of drug-likeness (QED) is 0.419. The predicted molar refractivity (Wildman–Crippen MR) is 46.9 cm³/mol. The average molecular weight is 185 g/mol. The number of primary amides is 1. The molecule has 0 heterocycles. The minimum atomic E-state index is -0.639. The van der Waals surface area contributed by atoms with Gasteiger partial charge >= 0.3 is 0 Å². The van der Waals surface area contributed by atoms with E-state index in [0.717, 1.165) is 0 Å². The summed E-state index contributed by atoms with van der Waals surface area (Å²) in [6, 6.07) is 0. The van der Waals surface area contributed by atoms with E-state index in [0.29, 0.717) is 0 Å². The second-order valence-corrected chi connectivity index (χ2v) is 2.25. The Balaban J connectivity index is 0.000000261. The number of nitrogens with two attached hydrogens (primary N) is 1. The highest BCUT2D eigenvalue weighted by Crippen LogP contribution is 1.90. The number of allylic oxidation sites excluding steroid dienone is 4. The number of rotatable bonds is 0. The Hall–Kier alpha value is -1.36. The molecule has 0 aliphatic heterocycles. The molecular weight excluding hydrogens is 178 g/mol. The highest BCUT2D eigenvalue weighted by Gasteiger charge is 1.97. The van der Waals surface area contributed by atoms with Crippen LogP contribution < -0.4 is 5.73 Å². The van der Waals surface area contributed by atoms with Crippen LogP contribution in [0.3, 0.4) is 0 Å². The first-order valence-electron chi connectivity index (χ1n) is 2.95. The molecule has 12 heavy (non-hydrogen) atoms. The Morgan fingerprint density at radius 2 is 1.25 bits per heavy atom. The van der Waals surface area contributed by atoms with E-state index >= 15 is 0 Å². The molecule has 5 heteroatoms. The molecule has 4 nitrogen and oxygen atoms in total. The van der Waals surface area contributed by atoms with E-state index in [1.165, 1.54) is 24.3 Å². The highest BCUT2D eigenvalue weighted by molar-refractivity contribution is 7.96. The van der Waals surface area contributed by atoms with Gasteiger partial charge in [-0.3, -0.25) is 14.4 Å². The van der Waals surface area contributed by atoms with Crippen LogP contribution in [0, 0.1) is 0 Å². The summed E-state index contributed by atoms with van der Waals surface area (Å²) < 4.78 is 0. The van der Waals surface area contributed by atoms with Crippen molar-refractivity contribution < 1.29 is 14.4 Å². The highest BCUT2D eigenvalue weighted by atomic mass is 32.1. The van der Waals surface area contributed by atoms with Crippen molar-refractivity contribution in [3.8, 4) is 0 Å². The van der Waals surface area contributed by atoms with Crippen molar-refractivity contribution in [2.45, 2.75) is 0 Å². The van der Waals surface area contributed by atoms with E-state index in [2.05, 4.69) is 18.4 Å². The molecular formula is C7H7NO3S. The summed E-state index contributed by atoms with van der Waals surface area (Å²) in [5.41, 5.74) is 4.34. The van der Waals surface area contributed by atoms with Crippen LogP contribution in [0.1, 0.15) is 0 Å². The topological polar surface area (TPSA) is 77.2 Å². The minimum absolute atomic E-state index is 0.121. The summed E-state index contributed by atoms with van der Waals surface area (Å²) in [7, 11) is 0. The van der Waals surface area contributed by atoms with E-state index in [-0.39, 0.29) is 11.6 Å². The van der Waals surface area contributed by atoms with Crippen LogP contribution in [0.25, 0.3) is 0 Å². The smallest absolute Gasteiger partial charge is 0.273 e. The molecule has 1 aliphatic carbocycles. The van der Waals surface area contributed by atoms with Crippen LogP contribution >= 0.6 is 12.6 Å². The SMILES string of the molecule is NC(=O)S.O=C1C=CC(=O)C=C1. The number of hydrogen-bond acceptors (Lipinski definition) is 3. The standard InChI is InChI=1S/C6H4O2.CH3NOS/c7-5-1-2-6(8)4-3-5;2-1(3)4/h1-4H;(H3,2,3,4). The van der Waals surface area contributed by atoms with E-state index in [1.54, 1.807) is 0 Å². The van der Waals surface area contributed by atoms with Crippen LogP contribution in [0.15, 0.2) is 24.3 Å². The van der Waals surface area contributed by atoms with E-state index in [1.807, 2.05) is 0 Å².